The van der Waals surface area contributed by atoms with Gasteiger partial charge in [0.15, 0.2) is 11.0 Å². The standard InChI is InChI=1S/C19H23N9OS/c1-11-8-17(26-24-11)21-16-10-15(20-6-7-28(2)3)22-19(23-16)30-12-4-5-13-14(9-12)25-27-18(13)29/h4-5,8-10H,6-7H2,1-3H3,(H2,25,27,29)(H3,20,21,22,23,24,26). The number of nitrogens with zero attached hydrogens (tertiary/aromatic N) is 4. The molecule has 0 radical (unpaired) electrons. The first kappa shape index (κ1) is 20.0. The minimum Gasteiger partial charge on any atom is -0.369 e. The molecular formula is C19H23N9OS. The molecule has 0 amide bonds. The van der Waals surface area contributed by atoms with Crippen molar-refractivity contribution in [3.8, 4) is 0 Å². The number of aromatic nitrogens is 6. The number of hydrogen-bond acceptors (Lipinski definition) is 8. The summed E-state index contributed by atoms with van der Waals surface area (Å²) < 4.78 is 0. The van der Waals surface area contributed by atoms with Crippen molar-refractivity contribution in [2.24, 2.45) is 0 Å². The van der Waals surface area contributed by atoms with Gasteiger partial charge in [-0.15, -0.1) is 0 Å². The molecule has 0 aliphatic rings. The topological polar surface area (TPSA) is 130 Å². The van der Waals surface area contributed by atoms with E-state index in [1.54, 1.807) is 6.07 Å². The number of rotatable bonds is 8. The van der Waals surface area contributed by atoms with Crippen LogP contribution in [0, 0.1) is 6.92 Å². The summed E-state index contributed by atoms with van der Waals surface area (Å²) >= 11 is 1.42. The predicted molar refractivity (Wildman–Crippen MR) is 119 cm³/mol. The van der Waals surface area contributed by atoms with E-state index in [0.29, 0.717) is 22.2 Å². The number of aromatic amines is 3. The van der Waals surface area contributed by atoms with Crippen molar-refractivity contribution in [3.63, 3.8) is 0 Å². The molecule has 156 valence electrons. The van der Waals surface area contributed by atoms with Gasteiger partial charge in [0.2, 0.25) is 0 Å². The molecule has 0 aliphatic carbocycles. The summed E-state index contributed by atoms with van der Waals surface area (Å²) in [4.78, 5) is 24.0. The van der Waals surface area contributed by atoms with Crippen molar-refractivity contribution in [3.05, 3.63) is 46.4 Å². The third kappa shape index (κ3) is 4.81. The van der Waals surface area contributed by atoms with E-state index in [0.717, 1.165) is 35.0 Å². The molecule has 0 unspecified atom stereocenters. The second kappa shape index (κ2) is 8.59. The molecule has 30 heavy (non-hydrogen) atoms. The van der Waals surface area contributed by atoms with Crippen LogP contribution in [0.1, 0.15) is 5.69 Å². The highest BCUT2D eigenvalue weighted by atomic mass is 32.2. The largest absolute Gasteiger partial charge is 0.369 e. The third-order valence-corrected chi connectivity index (χ3v) is 5.14. The van der Waals surface area contributed by atoms with Crippen LogP contribution in [-0.2, 0) is 0 Å². The Morgan fingerprint density at radius 1 is 1.07 bits per heavy atom. The molecule has 11 heteroatoms. The van der Waals surface area contributed by atoms with Gasteiger partial charge in [-0.3, -0.25) is 20.1 Å². The van der Waals surface area contributed by atoms with Crippen LogP contribution < -0.4 is 16.2 Å². The Labute approximate surface area is 176 Å². The lowest BCUT2D eigenvalue weighted by Crippen LogP contribution is -2.21. The highest BCUT2D eigenvalue weighted by Crippen LogP contribution is 2.29. The van der Waals surface area contributed by atoms with E-state index in [2.05, 4.69) is 45.9 Å². The zero-order chi connectivity index (χ0) is 21.1. The summed E-state index contributed by atoms with van der Waals surface area (Å²) in [5.74, 6) is 2.05. The summed E-state index contributed by atoms with van der Waals surface area (Å²) in [6, 6.07) is 9.34. The van der Waals surface area contributed by atoms with E-state index in [4.69, 9.17) is 0 Å². The Kier molecular flexibility index (Phi) is 5.72. The lowest BCUT2D eigenvalue weighted by molar-refractivity contribution is 0.425. The summed E-state index contributed by atoms with van der Waals surface area (Å²) in [6.45, 7) is 3.58. The smallest absolute Gasteiger partial charge is 0.271 e. The van der Waals surface area contributed by atoms with Crippen LogP contribution in [0.4, 0.5) is 17.5 Å². The van der Waals surface area contributed by atoms with Crippen LogP contribution in [0.25, 0.3) is 10.9 Å². The molecule has 4 rings (SSSR count). The lowest BCUT2D eigenvalue weighted by atomic mass is 10.2. The van der Waals surface area contributed by atoms with Crippen LogP contribution in [0.15, 0.2) is 45.2 Å². The fraction of sp³-hybridized carbons (Fsp3) is 0.263. The van der Waals surface area contributed by atoms with Gasteiger partial charge in [0.25, 0.3) is 5.56 Å². The maximum atomic E-state index is 11.7. The SMILES string of the molecule is Cc1cc(Nc2cc(NCCN(C)C)nc(Sc3ccc4c(=O)[nH][nH]c4c3)n2)n[nH]1. The summed E-state index contributed by atoms with van der Waals surface area (Å²) in [6.07, 6.45) is 0. The monoisotopic (exact) mass is 425 g/mol. The van der Waals surface area contributed by atoms with E-state index in [1.165, 1.54) is 11.8 Å². The van der Waals surface area contributed by atoms with Crippen LogP contribution in [0.5, 0.6) is 0 Å². The average molecular weight is 426 g/mol. The van der Waals surface area contributed by atoms with Crippen LogP contribution >= 0.6 is 11.8 Å². The lowest BCUT2D eigenvalue weighted by Gasteiger charge is -2.13. The van der Waals surface area contributed by atoms with Crippen LogP contribution in [0.2, 0.25) is 0 Å². The van der Waals surface area contributed by atoms with E-state index in [9.17, 15) is 4.79 Å². The van der Waals surface area contributed by atoms with Crippen molar-refractivity contribution in [1.29, 1.82) is 0 Å². The zero-order valence-electron chi connectivity index (χ0n) is 16.9. The molecule has 0 saturated carbocycles. The number of fused-ring (bicyclic) bond motifs is 1. The first-order valence-electron chi connectivity index (χ1n) is 9.41. The zero-order valence-corrected chi connectivity index (χ0v) is 17.7. The Morgan fingerprint density at radius 2 is 1.90 bits per heavy atom. The molecule has 0 fully saturated rings. The number of anilines is 3. The first-order valence-corrected chi connectivity index (χ1v) is 10.2. The molecule has 10 nitrogen and oxygen atoms in total. The molecule has 0 atom stereocenters. The minimum atomic E-state index is -0.134. The second-order valence-corrected chi connectivity index (χ2v) is 8.14. The number of hydrogen-bond donors (Lipinski definition) is 5. The molecule has 0 bridgehead atoms. The fourth-order valence-electron chi connectivity index (χ4n) is 2.83. The number of aryl methyl sites for hydroxylation is 1. The third-order valence-electron chi connectivity index (χ3n) is 4.29. The van der Waals surface area contributed by atoms with Crippen molar-refractivity contribution in [2.45, 2.75) is 17.0 Å². The normalized spacial score (nSPS) is 11.3. The fourth-order valence-corrected chi connectivity index (χ4v) is 3.64. The van der Waals surface area contributed by atoms with Crippen molar-refractivity contribution in [1.82, 2.24) is 35.3 Å². The van der Waals surface area contributed by atoms with E-state index >= 15 is 0 Å². The molecule has 0 saturated heterocycles. The average Bonchev–Trinajstić information content (AvgIpc) is 3.26. The van der Waals surface area contributed by atoms with Crippen LogP contribution in [0.3, 0.4) is 0 Å². The van der Waals surface area contributed by atoms with Gasteiger partial charge in [-0.1, -0.05) is 0 Å². The molecule has 0 aliphatic heterocycles. The Hall–Kier alpha value is -3.31. The van der Waals surface area contributed by atoms with Gasteiger partial charge in [0.05, 0.1) is 10.9 Å². The highest BCUT2D eigenvalue weighted by Gasteiger charge is 2.10. The van der Waals surface area contributed by atoms with Gasteiger partial charge in [-0.25, -0.2) is 9.97 Å². The van der Waals surface area contributed by atoms with Crippen molar-refractivity contribution >= 4 is 40.1 Å². The van der Waals surface area contributed by atoms with Gasteiger partial charge in [-0.05, 0) is 51.0 Å². The molecule has 1 aromatic carbocycles. The molecule has 4 aromatic rings. The van der Waals surface area contributed by atoms with Gasteiger partial charge in [-0.2, -0.15) is 5.10 Å². The number of benzene rings is 1. The molecule has 3 aromatic heterocycles. The van der Waals surface area contributed by atoms with Crippen molar-refractivity contribution in [2.75, 3.05) is 37.8 Å². The quantitative estimate of drug-likeness (QED) is 0.272. The van der Waals surface area contributed by atoms with Gasteiger partial charge in [0, 0.05) is 35.8 Å². The maximum absolute atomic E-state index is 11.7. The predicted octanol–water partition coefficient (Wildman–Crippen LogP) is 2.55. The molecular weight excluding hydrogens is 402 g/mol. The molecule has 5 N–H and O–H groups in total. The first-order chi connectivity index (χ1) is 14.5. The Morgan fingerprint density at radius 3 is 2.67 bits per heavy atom. The van der Waals surface area contributed by atoms with Gasteiger partial charge in [0.1, 0.15) is 11.6 Å². The van der Waals surface area contributed by atoms with Gasteiger partial charge < -0.3 is 15.5 Å². The number of likely N-dealkylation sites (N-methyl/N-ethyl adjacent to an activating group) is 1. The van der Waals surface area contributed by atoms with Gasteiger partial charge >= 0.3 is 0 Å². The minimum absolute atomic E-state index is 0.134. The number of nitrogens with one attached hydrogen (secondary N) is 5. The molecule has 0 spiro atoms. The van der Waals surface area contributed by atoms with Crippen molar-refractivity contribution < 1.29 is 0 Å². The highest BCUT2D eigenvalue weighted by molar-refractivity contribution is 7.99. The summed E-state index contributed by atoms with van der Waals surface area (Å²) in [7, 11) is 4.05. The molecule has 3 heterocycles. The summed E-state index contributed by atoms with van der Waals surface area (Å²) in [5.41, 5.74) is 1.57. The van der Waals surface area contributed by atoms with Crippen LogP contribution in [-0.4, -0.2) is 62.4 Å². The second-order valence-electron chi connectivity index (χ2n) is 7.10. The Balaban J connectivity index is 1.60. The van der Waals surface area contributed by atoms with E-state index in [1.807, 2.05) is 45.3 Å². The number of H-pyrrole nitrogens is 3. The maximum Gasteiger partial charge on any atom is 0.271 e. The van der Waals surface area contributed by atoms with E-state index < -0.39 is 0 Å². The Bertz CT molecular complexity index is 1210. The van der Waals surface area contributed by atoms with E-state index in [-0.39, 0.29) is 5.56 Å². The summed E-state index contributed by atoms with van der Waals surface area (Å²) in [5, 5.41) is 20.3.